The van der Waals surface area contributed by atoms with E-state index in [9.17, 15) is 9.59 Å². The SMILES string of the molecule is CC(OC(=O)NC[C@@H](C)c1ccc(Cl)cc1)OC(=O)C(C)(C)C. The van der Waals surface area contributed by atoms with Gasteiger partial charge in [0.2, 0.25) is 6.29 Å². The molecular formula is C17H24ClNO4. The predicted octanol–water partition coefficient (Wildman–Crippen LogP) is 4.11. The average Bonchev–Trinajstić information content (AvgIpc) is 2.44. The van der Waals surface area contributed by atoms with Crippen LogP contribution in [0.1, 0.15) is 46.1 Å². The molecule has 0 radical (unpaired) electrons. The summed E-state index contributed by atoms with van der Waals surface area (Å²) in [6.45, 7) is 9.08. The molecule has 0 bridgehead atoms. The van der Waals surface area contributed by atoms with Gasteiger partial charge in [-0.1, -0.05) is 30.7 Å². The van der Waals surface area contributed by atoms with Crippen molar-refractivity contribution in [2.45, 2.75) is 46.8 Å². The summed E-state index contributed by atoms with van der Waals surface area (Å²) < 4.78 is 10.1. The molecule has 1 aromatic rings. The summed E-state index contributed by atoms with van der Waals surface area (Å²) in [5.74, 6) is -0.320. The Morgan fingerprint density at radius 2 is 1.70 bits per heavy atom. The van der Waals surface area contributed by atoms with Crippen LogP contribution in [-0.2, 0) is 14.3 Å². The van der Waals surface area contributed by atoms with E-state index in [1.54, 1.807) is 32.9 Å². The normalized spacial score (nSPS) is 13.8. The monoisotopic (exact) mass is 341 g/mol. The topological polar surface area (TPSA) is 64.6 Å². The summed E-state index contributed by atoms with van der Waals surface area (Å²) >= 11 is 5.84. The van der Waals surface area contributed by atoms with E-state index in [4.69, 9.17) is 21.1 Å². The third-order valence-electron chi connectivity index (χ3n) is 3.15. The number of rotatable bonds is 5. The molecule has 0 aromatic heterocycles. The van der Waals surface area contributed by atoms with Crippen LogP contribution in [0, 0.1) is 5.41 Å². The van der Waals surface area contributed by atoms with Gasteiger partial charge in [0, 0.05) is 18.5 Å². The molecule has 128 valence electrons. The molecule has 0 heterocycles. The molecule has 1 aromatic carbocycles. The molecule has 1 rings (SSSR count). The number of carbonyl (C=O) groups excluding carboxylic acids is 2. The molecule has 5 nitrogen and oxygen atoms in total. The number of esters is 1. The van der Waals surface area contributed by atoms with Gasteiger partial charge in [-0.2, -0.15) is 0 Å². The lowest BCUT2D eigenvalue weighted by molar-refractivity contribution is -0.174. The van der Waals surface area contributed by atoms with E-state index >= 15 is 0 Å². The highest BCUT2D eigenvalue weighted by molar-refractivity contribution is 6.30. The lowest BCUT2D eigenvalue weighted by atomic mass is 9.97. The molecule has 0 saturated carbocycles. The van der Waals surface area contributed by atoms with Crippen LogP contribution in [0.4, 0.5) is 4.79 Å². The minimum Gasteiger partial charge on any atom is -0.425 e. The molecule has 23 heavy (non-hydrogen) atoms. The number of alkyl carbamates (subject to hydrolysis) is 1. The molecule has 0 aliphatic rings. The molecule has 1 unspecified atom stereocenters. The van der Waals surface area contributed by atoms with Gasteiger partial charge < -0.3 is 14.8 Å². The molecule has 0 fully saturated rings. The zero-order chi connectivity index (χ0) is 17.6. The van der Waals surface area contributed by atoms with E-state index in [2.05, 4.69) is 5.32 Å². The fourth-order valence-electron chi connectivity index (χ4n) is 1.69. The molecule has 1 amide bonds. The van der Waals surface area contributed by atoms with Crippen LogP contribution in [0.15, 0.2) is 24.3 Å². The first kappa shape index (κ1) is 19.3. The highest BCUT2D eigenvalue weighted by atomic mass is 35.5. The molecule has 0 spiro atoms. The maximum Gasteiger partial charge on any atom is 0.410 e. The average molecular weight is 342 g/mol. The van der Waals surface area contributed by atoms with Gasteiger partial charge in [-0.05, 0) is 44.4 Å². The second-order valence-electron chi connectivity index (χ2n) is 6.46. The van der Waals surface area contributed by atoms with Gasteiger partial charge >= 0.3 is 12.1 Å². The van der Waals surface area contributed by atoms with Gasteiger partial charge in [0.1, 0.15) is 0 Å². The van der Waals surface area contributed by atoms with Crippen molar-refractivity contribution in [3.63, 3.8) is 0 Å². The Hall–Kier alpha value is -1.75. The molecule has 0 aliphatic heterocycles. The van der Waals surface area contributed by atoms with Gasteiger partial charge in [0.25, 0.3) is 0 Å². The van der Waals surface area contributed by atoms with E-state index in [0.29, 0.717) is 11.6 Å². The van der Waals surface area contributed by atoms with Crippen molar-refractivity contribution in [2.75, 3.05) is 6.54 Å². The maximum absolute atomic E-state index is 11.7. The standard InChI is InChI=1S/C17H24ClNO4/c1-11(13-6-8-14(18)9-7-13)10-19-16(21)23-12(2)22-15(20)17(3,4)5/h6-9,11-12H,10H2,1-5H3,(H,19,21)/t11-,12?/m1/s1. The van der Waals surface area contributed by atoms with Crippen LogP contribution in [0.2, 0.25) is 5.02 Å². The predicted molar refractivity (Wildman–Crippen MR) is 89.4 cm³/mol. The number of amides is 1. The highest BCUT2D eigenvalue weighted by Gasteiger charge is 2.26. The molecule has 6 heteroatoms. The molecular weight excluding hydrogens is 318 g/mol. The first-order valence-corrected chi connectivity index (χ1v) is 7.88. The first-order valence-electron chi connectivity index (χ1n) is 7.50. The van der Waals surface area contributed by atoms with E-state index in [0.717, 1.165) is 5.56 Å². The molecule has 2 atom stereocenters. The van der Waals surface area contributed by atoms with Gasteiger partial charge in [-0.3, -0.25) is 4.79 Å². The fourth-order valence-corrected chi connectivity index (χ4v) is 1.82. The summed E-state index contributed by atoms with van der Waals surface area (Å²) in [5, 5.41) is 3.32. The molecule has 1 N–H and O–H groups in total. The second-order valence-corrected chi connectivity index (χ2v) is 6.90. The van der Waals surface area contributed by atoms with Gasteiger partial charge in [0.15, 0.2) is 0 Å². The van der Waals surface area contributed by atoms with Crippen molar-refractivity contribution in [2.24, 2.45) is 5.41 Å². The Morgan fingerprint density at radius 1 is 1.13 bits per heavy atom. The van der Waals surface area contributed by atoms with Crippen molar-refractivity contribution >= 4 is 23.7 Å². The van der Waals surface area contributed by atoms with Crippen molar-refractivity contribution < 1.29 is 19.1 Å². The van der Waals surface area contributed by atoms with Crippen LogP contribution in [0.5, 0.6) is 0 Å². The number of ether oxygens (including phenoxy) is 2. The van der Waals surface area contributed by atoms with E-state index < -0.39 is 23.8 Å². The van der Waals surface area contributed by atoms with Crippen LogP contribution in [0.25, 0.3) is 0 Å². The Morgan fingerprint density at radius 3 is 2.22 bits per heavy atom. The number of halogens is 1. The zero-order valence-electron chi connectivity index (χ0n) is 14.2. The summed E-state index contributed by atoms with van der Waals surface area (Å²) in [6, 6.07) is 7.43. The molecule has 0 aliphatic carbocycles. The van der Waals surface area contributed by atoms with Crippen LogP contribution in [-0.4, -0.2) is 24.9 Å². The summed E-state index contributed by atoms with van der Waals surface area (Å²) in [4.78, 5) is 23.4. The summed E-state index contributed by atoms with van der Waals surface area (Å²) in [6.07, 6.45) is -1.56. The molecule has 0 saturated heterocycles. The van der Waals surface area contributed by atoms with E-state index in [1.165, 1.54) is 6.92 Å². The van der Waals surface area contributed by atoms with Crippen molar-refractivity contribution in [1.29, 1.82) is 0 Å². The minimum absolute atomic E-state index is 0.104. The zero-order valence-corrected chi connectivity index (χ0v) is 14.9. The Kier molecular flexibility index (Phi) is 6.88. The largest absolute Gasteiger partial charge is 0.425 e. The van der Waals surface area contributed by atoms with Gasteiger partial charge in [-0.25, -0.2) is 4.79 Å². The number of hydrogen-bond acceptors (Lipinski definition) is 4. The summed E-state index contributed by atoms with van der Waals surface area (Å²) in [5.41, 5.74) is 0.416. The van der Waals surface area contributed by atoms with Crippen LogP contribution in [0.3, 0.4) is 0 Å². The van der Waals surface area contributed by atoms with Crippen LogP contribution < -0.4 is 5.32 Å². The van der Waals surface area contributed by atoms with Crippen molar-refractivity contribution in [3.05, 3.63) is 34.9 Å². The fraction of sp³-hybridized carbons (Fsp3) is 0.529. The Labute approximate surface area is 142 Å². The van der Waals surface area contributed by atoms with Crippen molar-refractivity contribution in [3.8, 4) is 0 Å². The van der Waals surface area contributed by atoms with Crippen molar-refractivity contribution in [1.82, 2.24) is 5.32 Å². The van der Waals surface area contributed by atoms with E-state index in [1.807, 2.05) is 19.1 Å². The Balaban J connectivity index is 2.39. The number of nitrogens with one attached hydrogen (secondary N) is 1. The minimum atomic E-state index is -0.937. The quantitative estimate of drug-likeness (QED) is 0.646. The number of benzene rings is 1. The van der Waals surface area contributed by atoms with E-state index in [-0.39, 0.29) is 5.92 Å². The lowest BCUT2D eigenvalue weighted by Gasteiger charge is -2.21. The number of hydrogen-bond donors (Lipinski definition) is 1. The van der Waals surface area contributed by atoms with Gasteiger partial charge in [-0.15, -0.1) is 0 Å². The van der Waals surface area contributed by atoms with Gasteiger partial charge in [0.05, 0.1) is 5.41 Å². The third kappa shape index (κ3) is 6.91. The lowest BCUT2D eigenvalue weighted by Crippen LogP contribution is -2.34. The smallest absolute Gasteiger partial charge is 0.410 e. The Bertz CT molecular complexity index is 537. The van der Waals surface area contributed by atoms with Crippen LogP contribution >= 0.6 is 11.6 Å². The maximum atomic E-state index is 11.7. The summed E-state index contributed by atoms with van der Waals surface area (Å²) in [7, 11) is 0. The second kappa shape index (κ2) is 8.20. The third-order valence-corrected chi connectivity index (χ3v) is 3.40. The first-order chi connectivity index (χ1) is 10.6. The number of carbonyl (C=O) groups is 2. The highest BCUT2D eigenvalue weighted by Crippen LogP contribution is 2.18.